The summed E-state index contributed by atoms with van der Waals surface area (Å²) in [6, 6.07) is 5.14. The van der Waals surface area contributed by atoms with Crippen molar-refractivity contribution >= 4 is 57.9 Å². The highest BCUT2D eigenvalue weighted by atomic mass is 35.5. The molecule has 7 heteroatoms. The van der Waals surface area contributed by atoms with Gasteiger partial charge in [0.15, 0.2) is 5.82 Å². The van der Waals surface area contributed by atoms with Crippen molar-refractivity contribution in [1.82, 2.24) is 9.97 Å². The van der Waals surface area contributed by atoms with Gasteiger partial charge in [-0.2, -0.15) is 4.98 Å². The van der Waals surface area contributed by atoms with Gasteiger partial charge in [0.2, 0.25) is 5.28 Å². The van der Waals surface area contributed by atoms with Gasteiger partial charge < -0.3 is 5.32 Å². The van der Waals surface area contributed by atoms with Gasteiger partial charge in [0.05, 0.1) is 21.9 Å². The van der Waals surface area contributed by atoms with Crippen LogP contribution >= 0.6 is 46.4 Å². The summed E-state index contributed by atoms with van der Waals surface area (Å²) < 4.78 is 0. The molecule has 0 unspecified atom stereocenters. The largest absolute Gasteiger partial charge is 0.336 e. The lowest BCUT2D eigenvalue weighted by molar-refractivity contribution is 1.17. The van der Waals surface area contributed by atoms with Crippen molar-refractivity contribution in [3.8, 4) is 0 Å². The molecule has 1 N–H and O–H groups in total. The van der Waals surface area contributed by atoms with E-state index in [2.05, 4.69) is 15.3 Å². The van der Waals surface area contributed by atoms with Crippen LogP contribution in [-0.4, -0.2) is 9.97 Å². The summed E-state index contributed by atoms with van der Waals surface area (Å²) in [5.74, 6) is 0.349. The Hall–Kier alpha value is -0.740. The molecule has 1 heterocycles. The van der Waals surface area contributed by atoms with Crippen LogP contribution in [0.1, 0.15) is 0 Å². The maximum atomic E-state index is 6.01. The number of halogens is 4. The van der Waals surface area contributed by atoms with Gasteiger partial charge in [0, 0.05) is 0 Å². The zero-order valence-corrected chi connectivity index (χ0v) is 11.2. The number of anilines is 2. The van der Waals surface area contributed by atoms with E-state index in [1.807, 2.05) is 0 Å². The molecule has 0 bridgehead atoms. The zero-order chi connectivity index (χ0) is 12.4. The summed E-state index contributed by atoms with van der Waals surface area (Å²) in [6.07, 6.45) is 1.39. The normalized spacial score (nSPS) is 10.4. The van der Waals surface area contributed by atoms with Crippen LogP contribution in [0.3, 0.4) is 0 Å². The van der Waals surface area contributed by atoms with Crippen LogP contribution in [0.2, 0.25) is 20.4 Å². The molecule has 2 rings (SSSR count). The Morgan fingerprint density at radius 2 is 1.59 bits per heavy atom. The molecule has 0 fully saturated rings. The fourth-order valence-electron chi connectivity index (χ4n) is 1.17. The number of hydrogen-bond acceptors (Lipinski definition) is 3. The Bertz CT molecular complexity index is 539. The molecule has 1 aromatic heterocycles. The van der Waals surface area contributed by atoms with Crippen LogP contribution in [0.15, 0.2) is 24.4 Å². The Balaban J connectivity index is 2.41. The predicted molar refractivity (Wildman–Crippen MR) is 71.8 cm³/mol. The van der Waals surface area contributed by atoms with E-state index in [1.165, 1.54) is 6.20 Å². The lowest BCUT2D eigenvalue weighted by atomic mass is 10.3. The van der Waals surface area contributed by atoms with Crippen molar-refractivity contribution < 1.29 is 0 Å². The number of para-hydroxylation sites is 1. The quantitative estimate of drug-likeness (QED) is 0.807. The van der Waals surface area contributed by atoms with E-state index in [9.17, 15) is 0 Å². The van der Waals surface area contributed by atoms with Crippen molar-refractivity contribution in [3.63, 3.8) is 0 Å². The number of rotatable bonds is 2. The molecule has 0 spiro atoms. The van der Waals surface area contributed by atoms with Crippen LogP contribution in [0.25, 0.3) is 0 Å². The van der Waals surface area contributed by atoms with Crippen molar-refractivity contribution in [3.05, 3.63) is 44.7 Å². The van der Waals surface area contributed by atoms with Gasteiger partial charge in [-0.05, 0) is 23.7 Å². The highest BCUT2D eigenvalue weighted by Crippen LogP contribution is 2.33. The lowest BCUT2D eigenvalue weighted by Gasteiger charge is -2.10. The minimum absolute atomic E-state index is 0.0834. The van der Waals surface area contributed by atoms with Gasteiger partial charge in [0.1, 0.15) is 5.02 Å². The number of nitrogens with one attached hydrogen (secondary N) is 1. The third kappa shape index (κ3) is 2.93. The minimum Gasteiger partial charge on any atom is -0.336 e. The highest BCUT2D eigenvalue weighted by Gasteiger charge is 2.09. The van der Waals surface area contributed by atoms with Gasteiger partial charge >= 0.3 is 0 Å². The van der Waals surface area contributed by atoms with E-state index in [0.29, 0.717) is 26.6 Å². The average Bonchev–Trinajstić information content (AvgIpc) is 2.28. The molecule has 0 aliphatic carbocycles. The van der Waals surface area contributed by atoms with Crippen molar-refractivity contribution in [1.29, 1.82) is 0 Å². The van der Waals surface area contributed by atoms with Crippen LogP contribution in [0.4, 0.5) is 11.5 Å². The first-order valence-corrected chi connectivity index (χ1v) is 5.98. The summed E-state index contributed by atoms with van der Waals surface area (Å²) in [6.45, 7) is 0. The maximum absolute atomic E-state index is 6.01. The molecule has 17 heavy (non-hydrogen) atoms. The summed E-state index contributed by atoms with van der Waals surface area (Å²) >= 11 is 23.6. The molecule has 1 aromatic carbocycles. The second-order valence-corrected chi connectivity index (χ2v) is 4.62. The standard InChI is InChI=1S/C10H5Cl4N3/c11-5-2-1-3-6(12)8(5)16-9-7(13)4-15-10(14)17-9/h1-4H,(H,15,16,17). The third-order valence-electron chi connectivity index (χ3n) is 1.92. The number of hydrogen-bond donors (Lipinski definition) is 1. The first-order valence-electron chi connectivity index (χ1n) is 4.47. The molecule has 0 radical (unpaired) electrons. The van der Waals surface area contributed by atoms with Crippen LogP contribution in [-0.2, 0) is 0 Å². The first kappa shape index (κ1) is 12.7. The molecule has 0 saturated carbocycles. The van der Waals surface area contributed by atoms with E-state index in [0.717, 1.165) is 0 Å². The molecule has 0 aliphatic heterocycles. The third-order valence-corrected chi connectivity index (χ3v) is 3.01. The van der Waals surface area contributed by atoms with Gasteiger partial charge in [-0.3, -0.25) is 0 Å². The number of aromatic nitrogens is 2. The van der Waals surface area contributed by atoms with Crippen molar-refractivity contribution in [2.45, 2.75) is 0 Å². The molecule has 2 aromatic rings. The molecular formula is C10H5Cl4N3. The van der Waals surface area contributed by atoms with Gasteiger partial charge in [-0.15, -0.1) is 0 Å². The van der Waals surface area contributed by atoms with Gasteiger partial charge in [0.25, 0.3) is 0 Å². The Morgan fingerprint density at radius 3 is 2.24 bits per heavy atom. The first-order chi connectivity index (χ1) is 8.08. The SMILES string of the molecule is Clc1ncc(Cl)c(Nc2c(Cl)cccc2Cl)n1. The highest BCUT2D eigenvalue weighted by molar-refractivity contribution is 6.39. The molecule has 3 nitrogen and oxygen atoms in total. The second kappa shape index (κ2) is 5.27. The topological polar surface area (TPSA) is 37.8 Å². The molecule has 0 aliphatic rings. The van der Waals surface area contributed by atoms with Gasteiger partial charge in [-0.25, -0.2) is 4.98 Å². The van der Waals surface area contributed by atoms with Crippen LogP contribution < -0.4 is 5.32 Å². The lowest BCUT2D eigenvalue weighted by Crippen LogP contribution is -1.97. The van der Waals surface area contributed by atoms with Gasteiger partial charge in [-0.1, -0.05) is 40.9 Å². The maximum Gasteiger partial charge on any atom is 0.224 e. The van der Waals surface area contributed by atoms with Crippen LogP contribution in [0, 0.1) is 0 Å². The number of nitrogens with zero attached hydrogens (tertiary/aromatic N) is 2. The monoisotopic (exact) mass is 307 g/mol. The molecule has 0 saturated heterocycles. The fraction of sp³-hybridized carbons (Fsp3) is 0. The van der Waals surface area contributed by atoms with Crippen molar-refractivity contribution in [2.24, 2.45) is 0 Å². The Labute approximate surface area is 118 Å². The van der Waals surface area contributed by atoms with E-state index in [4.69, 9.17) is 46.4 Å². The Kier molecular flexibility index (Phi) is 3.94. The predicted octanol–water partition coefficient (Wildman–Crippen LogP) is 4.83. The summed E-state index contributed by atoms with van der Waals surface area (Å²) in [5.41, 5.74) is 0.521. The Morgan fingerprint density at radius 1 is 0.941 bits per heavy atom. The average molecular weight is 309 g/mol. The fourth-order valence-corrected chi connectivity index (χ4v) is 1.93. The number of benzene rings is 1. The van der Waals surface area contributed by atoms with Crippen molar-refractivity contribution in [2.75, 3.05) is 5.32 Å². The molecular weight excluding hydrogens is 304 g/mol. The second-order valence-electron chi connectivity index (χ2n) is 3.06. The zero-order valence-electron chi connectivity index (χ0n) is 8.22. The van der Waals surface area contributed by atoms with E-state index >= 15 is 0 Å². The minimum atomic E-state index is 0.0834. The summed E-state index contributed by atoms with van der Waals surface area (Å²) in [4.78, 5) is 7.69. The molecule has 0 atom stereocenters. The molecule has 88 valence electrons. The summed E-state index contributed by atoms with van der Waals surface area (Å²) in [5, 5.41) is 4.25. The van der Waals surface area contributed by atoms with E-state index < -0.39 is 0 Å². The van der Waals surface area contributed by atoms with Crippen LogP contribution in [0.5, 0.6) is 0 Å². The smallest absolute Gasteiger partial charge is 0.224 e. The summed E-state index contributed by atoms with van der Waals surface area (Å²) in [7, 11) is 0. The molecule has 0 amide bonds. The van der Waals surface area contributed by atoms with E-state index in [1.54, 1.807) is 18.2 Å². The van der Waals surface area contributed by atoms with E-state index in [-0.39, 0.29) is 5.28 Å².